The van der Waals surface area contributed by atoms with Crippen LogP contribution in [0.5, 0.6) is 0 Å². The van der Waals surface area contributed by atoms with E-state index in [2.05, 4.69) is 22.1 Å². The molecule has 0 radical (unpaired) electrons. The lowest BCUT2D eigenvalue weighted by molar-refractivity contribution is 1.02. The molecule has 0 amide bonds. The number of benzene rings is 1. The summed E-state index contributed by atoms with van der Waals surface area (Å²) in [6, 6.07) is 12.4. The van der Waals surface area contributed by atoms with Crippen LogP contribution < -0.4 is 0 Å². The Morgan fingerprint density at radius 3 is 3.00 bits per heavy atom. The van der Waals surface area contributed by atoms with Gasteiger partial charge >= 0.3 is 0 Å². The van der Waals surface area contributed by atoms with E-state index in [0.717, 1.165) is 33.7 Å². The molecule has 0 N–H and O–H groups in total. The molecule has 0 spiro atoms. The fraction of sp³-hybridized carbons (Fsp3) is 0.188. The smallest absolute Gasteiger partial charge is 0.0821 e. The molecule has 1 aliphatic rings. The number of hydrogen-bond donors (Lipinski definition) is 0. The highest BCUT2D eigenvalue weighted by Gasteiger charge is 2.14. The topological polar surface area (TPSA) is 49.0 Å². The van der Waals surface area contributed by atoms with Gasteiger partial charge in [0.25, 0.3) is 0 Å². The Bertz CT molecular complexity index is 708. The Morgan fingerprint density at radius 2 is 2.16 bits per heavy atom. The second kappa shape index (κ2) is 4.66. The molecule has 2 heterocycles. The van der Waals surface area contributed by atoms with Crippen molar-refractivity contribution in [1.29, 1.82) is 5.26 Å². The number of fused-ring (bicyclic) bond motifs is 1. The Hall–Kier alpha value is -2.47. The van der Waals surface area contributed by atoms with E-state index < -0.39 is 0 Å². The van der Waals surface area contributed by atoms with Crippen LogP contribution in [0.15, 0.2) is 41.5 Å². The van der Waals surface area contributed by atoms with Gasteiger partial charge < -0.3 is 0 Å². The zero-order valence-electron chi connectivity index (χ0n) is 10.7. The number of nitrogens with zero attached hydrogens (tertiary/aromatic N) is 3. The highest BCUT2D eigenvalue weighted by molar-refractivity contribution is 6.02. The van der Waals surface area contributed by atoms with Gasteiger partial charge in [0, 0.05) is 23.0 Å². The average molecular weight is 247 g/mol. The Kier molecular flexibility index (Phi) is 2.85. The summed E-state index contributed by atoms with van der Waals surface area (Å²) in [7, 11) is 0. The summed E-state index contributed by atoms with van der Waals surface area (Å²) >= 11 is 0. The summed E-state index contributed by atoms with van der Waals surface area (Å²) in [4.78, 5) is 8.88. The molecule has 92 valence electrons. The molecule has 1 aromatic heterocycles. The third-order valence-corrected chi connectivity index (χ3v) is 3.37. The molecule has 3 heteroatoms. The van der Waals surface area contributed by atoms with Crippen LogP contribution in [0.25, 0.3) is 11.1 Å². The first-order chi connectivity index (χ1) is 9.28. The maximum Gasteiger partial charge on any atom is 0.0821 e. The van der Waals surface area contributed by atoms with E-state index in [9.17, 15) is 0 Å². The monoisotopic (exact) mass is 247 g/mol. The summed E-state index contributed by atoms with van der Waals surface area (Å²) in [5, 5.41) is 8.76. The molecule has 0 fully saturated rings. The molecule has 0 atom stereocenters. The second-order valence-electron chi connectivity index (χ2n) is 4.66. The lowest BCUT2D eigenvalue weighted by Gasteiger charge is -2.06. The average Bonchev–Trinajstić information content (AvgIpc) is 2.81. The fourth-order valence-electron chi connectivity index (χ4n) is 2.32. The van der Waals surface area contributed by atoms with Crippen LogP contribution in [-0.4, -0.2) is 10.7 Å². The first kappa shape index (κ1) is 11.6. The van der Waals surface area contributed by atoms with Crippen molar-refractivity contribution in [2.75, 3.05) is 0 Å². The van der Waals surface area contributed by atoms with Gasteiger partial charge in [-0.25, -0.2) is 0 Å². The zero-order valence-corrected chi connectivity index (χ0v) is 10.7. The van der Waals surface area contributed by atoms with Crippen LogP contribution >= 0.6 is 0 Å². The van der Waals surface area contributed by atoms with Crippen molar-refractivity contribution in [3.05, 3.63) is 53.3 Å². The standard InChI is InChI=1S/C16H13N3/c1-11-15-8-14(9-19-16(15)10-18-11)13-4-2-3-12(7-13)5-6-17/h2-4,7-9H,5,10H2,1H3. The van der Waals surface area contributed by atoms with Crippen LogP contribution in [-0.2, 0) is 13.0 Å². The summed E-state index contributed by atoms with van der Waals surface area (Å²) in [5.74, 6) is 0. The molecule has 0 unspecified atom stereocenters. The minimum Gasteiger partial charge on any atom is -0.283 e. The van der Waals surface area contributed by atoms with Gasteiger partial charge in [-0.15, -0.1) is 0 Å². The molecule has 3 nitrogen and oxygen atoms in total. The number of nitriles is 1. The number of aliphatic imine (C=N–C) groups is 1. The Balaban J connectivity index is 2.03. The number of rotatable bonds is 2. The Labute approximate surface area is 112 Å². The van der Waals surface area contributed by atoms with Crippen molar-refractivity contribution in [2.24, 2.45) is 4.99 Å². The number of hydrogen-bond acceptors (Lipinski definition) is 3. The van der Waals surface area contributed by atoms with Gasteiger partial charge in [-0.2, -0.15) is 5.26 Å². The summed E-state index contributed by atoms with van der Waals surface area (Å²) in [6.45, 7) is 2.71. The third-order valence-electron chi connectivity index (χ3n) is 3.37. The van der Waals surface area contributed by atoms with E-state index in [4.69, 9.17) is 5.26 Å². The molecular weight excluding hydrogens is 234 g/mol. The summed E-state index contributed by atoms with van der Waals surface area (Å²) in [5.41, 5.74) is 6.46. The molecule has 0 aliphatic carbocycles. The van der Waals surface area contributed by atoms with Crippen molar-refractivity contribution in [2.45, 2.75) is 19.9 Å². The highest BCUT2D eigenvalue weighted by atomic mass is 14.8. The van der Waals surface area contributed by atoms with Crippen molar-refractivity contribution >= 4 is 5.71 Å². The van der Waals surface area contributed by atoms with Crippen molar-refractivity contribution in [3.8, 4) is 17.2 Å². The largest absolute Gasteiger partial charge is 0.283 e. The number of aromatic nitrogens is 1. The van der Waals surface area contributed by atoms with Gasteiger partial charge in [0.05, 0.1) is 24.7 Å². The van der Waals surface area contributed by atoms with Crippen LogP contribution in [0.1, 0.15) is 23.7 Å². The van der Waals surface area contributed by atoms with E-state index in [-0.39, 0.29) is 0 Å². The first-order valence-electron chi connectivity index (χ1n) is 6.24. The molecule has 1 aromatic carbocycles. The van der Waals surface area contributed by atoms with Crippen LogP contribution in [0.4, 0.5) is 0 Å². The van der Waals surface area contributed by atoms with Gasteiger partial charge in [-0.1, -0.05) is 24.3 Å². The molecular formula is C16H13N3. The highest BCUT2D eigenvalue weighted by Crippen LogP contribution is 2.25. The van der Waals surface area contributed by atoms with Gasteiger partial charge in [0.2, 0.25) is 0 Å². The lowest BCUT2D eigenvalue weighted by atomic mass is 10.0. The predicted octanol–water partition coefficient (Wildman–Crippen LogP) is 3.14. The van der Waals surface area contributed by atoms with Gasteiger partial charge in [0.15, 0.2) is 0 Å². The van der Waals surface area contributed by atoms with E-state index >= 15 is 0 Å². The SMILES string of the molecule is CC1=NCc2ncc(-c3cccc(CC#N)c3)cc21. The van der Waals surface area contributed by atoms with Crippen molar-refractivity contribution in [1.82, 2.24) is 4.98 Å². The zero-order chi connectivity index (χ0) is 13.2. The summed E-state index contributed by atoms with van der Waals surface area (Å²) in [6.07, 6.45) is 2.32. The van der Waals surface area contributed by atoms with Gasteiger partial charge in [0.1, 0.15) is 0 Å². The summed E-state index contributed by atoms with van der Waals surface area (Å²) < 4.78 is 0. The van der Waals surface area contributed by atoms with Crippen LogP contribution in [0.2, 0.25) is 0 Å². The van der Waals surface area contributed by atoms with Crippen molar-refractivity contribution < 1.29 is 0 Å². The molecule has 0 saturated carbocycles. The molecule has 0 bridgehead atoms. The maximum atomic E-state index is 8.76. The first-order valence-corrected chi connectivity index (χ1v) is 6.24. The fourth-order valence-corrected chi connectivity index (χ4v) is 2.32. The molecule has 19 heavy (non-hydrogen) atoms. The van der Waals surface area contributed by atoms with Crippen molar-refractivity contribution in [3.63, 3.8) is 0 Å². The van der Waals surface area contributed by atoms with E-state index in [0.29, 0.717) is 13.0 Å². The third kappa shape index (κ3) is 2.13. The van der Waals surface area contributed by atoms with E-state index in [1.54, 1.807) is 0 Å². The van der Waals surface area contributed by atoms with Gasteiger partial charge in [-0.3, -0.25) is 9.98 Å². The van der Waals surface area contributed by atoms with Gasteiger partial charge in [-0.05, 0) is 24.1 Å². The quantitative estimate of drug-likeness (QED) is 0.818. The lowest BCUT2D eigenvalue weighted by Crippen LogP contribution is -1.96. The van der Waals surface area contributed by atoms with E-state index in [1.807, 2.05) is 37.4 Å². The molecule has 2 aromatic rings. The molecule has 3 rings (SSSR count). The molecule has 0 saturated heterocycles. The Morgan fingerprint density at radius 1 is 1.26 bits per heavy atom. The second-order valence-corrected chi connectivity index (χ2v) is 4.66. The number of pyridine rings is 1. The predicted molar refractivity (Wildman–Crippen MR) is 74.9 cm³/mol. The van der Waals surface area contributed by atoms with Crippen LogP contribution in [0.3, 0.4) is 0 Å². The minimum absolute atomic E-state index is 0.437. The van der Waals surface area contributed by atoms with E-state index in [1.165, 1.54) is 0 Å². The van der Waals surface area contributed by atoms with Crippen LogP contribution in [0, 0.1) is 11.3 Å². The minimum atomic E-state index is 0.437. The molecule has 1 aliphatic heterocycles. The maximum absolute atomic E-state index is 8.76. The normalized spacial score (nSPS) is 12.7.